The number of rotatable bonds is 7. The molecule has 62 heavy (non-hydrogen) atoms. The Bertz CT molecular complexity index is 3620. The smallest absolute Gasteiger partial charge is 0.136 e. The third-order valence-electron chi connectivity index (χ3n) is 12.4. The van der Waals surface area contributed by atoms with Crippen molar-refractivity contribution in [2.45, 2.75) is 0 Å². The highest BCUT2D eigenvalue weighted by Crippen LogP contribution is 2.45. The molecule has 1 heterocycles. The molecule has 12 aromatic rings. The van der Waals surface area contributed by atoms with Crippen LogP contribution in [0.1, 0.15) is 0 Å². The van der Waals surface area contributed by atoms with Gasteiger partial charge in [-0.3, -0.25) is 0 Å². The average molecular weight is 790 g/mol. The van der Waals surface area contributed by atoms with Crippen molar-refractivity contribution < 1.29 is 4.42 Å². The molecule has 11 aromatic carbocycles. The number of benzene rings is 11. The van der Waals surface area contributed by atoms with Gasteiger partial charge in [0.15, 0.2) is 0 Å². The lowest BCUT2D eigenvalue weighted by Crippen LogP contribution is -2.10. The molecule has 1 aromatic heterocycles. The van der Waals surface area contributed by atoms with Crippen molar-refractivity contribution in [2.24, 2.45) is 0 Å². The molecule has 0 unspecified atom stereocenters. The second-order valence-electron chi connectivity index (χ2n) is 16.1. The highest BCUT2D eigenvalue weighted by Gasteiger charge is 2.19. The molecule has 0 N–H and O–H groups in total. The maximum absolute atomic E-state index is 6.25. The Balaban J connectivity index is 0.971. The Morgan fingerprint density at radius 3 is 1.60 bits per heavy atom. The van der Waals surface area contributed by atoms with E-state index in [0.717, 1.165) is 61.3 Å². The summed E-state index contributed by atoms with van der Waals surface area (Å²) in [7, 11) is 0. The number of hydrogen-bond acceptors (Lipinski definition) is 2. The molecule has 0 saturated carbocycles. The fourth-order valence-electron chi connectivity index (χ4n) is 9.45. The Hall–Kier alpha value is -8.20. The first-order valence-electron chi connectivity index (χ1n) is 21.2. The maximum atomic E-state index is 6.25. The summed E-state index contributed by atoms with van der Waals surface area (Å²) in [5.41, 5.74) is 14.6. The Morgan fingerprint density at radius 1 is 0.274 bits per heavy atom. The first-order valence-corrected chi connectivity index (χ1v) is 21.2. The molecule has 2 heteroatoms. The predicted octanol–water partition coefficient (Wildman–Crippen LogP) is 17.2. The van der Waals surface area contributed by atoms with Crippen LogP contribution in [-0.2, 0) is 0 Å². The van der Waals surface area contributed by atoms with E-state index in [-0.39, 0.29) is 0 Å². The van der Waals surface area contributed by atoms with Crippen molar-refractivity contribution in [3.63, 3.8) is 0 Å². The fraction of sp³-hybridized carbons (Fsp3) is 0. The Kier molecular flexibility index (Phi) is 8.53. The van der Waals surface area contributed by atoms with Crippen molar-refractivity contribution in [2.75, 3.05) is 4.90 Å². The molecule has 0 aliphatic carbocycles. The molecule has 0 amide bonds. The first kappa shape index (κ1) is 35.7. The van der Waals surface area contributed by atoms with E-state index >= 15 is 0 Å². The lowest BCUT2D eigenvalue weighted by molar-refractivity contribution is 0.669. The number of hydrogen-bond donors (Lipinski definition) is 0. The molecule has 0 saturated heterocycles. The van der Waals surface area contributed by atoms with Crippen LogP contribution in [0.25, 0.3) is 98.8 Å². The zero-order valence-electron chi connectivity index (χ0n) is 33.9. The number of nitrogens with zero attached hydrogens (tertiary/aromatic N) is 1. The molecule has 2 nitrogen and oxygen atoms in total. The van der Waals surface area contributed by atoms with Crippen LogP contribution in [0.5, 0.6) is 0 Å². The summed E-state index contributed by atoms with van der Waals surface area (Å²) in [5, 5.41) is 9.66. The molecule has 0 spiro atoms. The number of anilines is 3. The standard InChI is InChI=1S/C60H39NO/c1-2-13-41(14-3-1)52-35-29-42-15-4-7-20-51(42)60(52)43-27-33-49(34-28-43)61(57-38-47-16-5-6-19-50(47)53-21-8-9-22-54(53)57)48-31-25-40(26-32-48)44-17-12-18-45(37-44)46-30-36-56-55-23-10-11-24-58(55)62-59(56)39-46/h1-39H. The van der Waals surface area contributed by atoms with Gasteiger partial charge in [0.1, 0.15) is 11.2 Å². The highest BCUT2D eigenvalue weighted by molar-refractivity contribution is 6.15. The molecule has 290 valence electrons. The van der Waals surface area contributed by atoms with Crippen LogP contribution < -0.4 is 4.90 Å². The third kappa shape index (κ3) is 6.12. The second kappa shape index (κ2) is 14.8. The van der Waals surface area contributed by atoms with Gasteiger partial charge in [0.25, 0.3) is 0 Å². The third-order valence-corrected chi connectivity index (χ3v) is 12.4. The molecular weight excluding hydrogens is 751 g/mol. The van der Waals surface area contributed by atoms with Gasteiger partial charge in [-0.15, -0.1) is 0 Å². The van der Waals surface area contributed by atoms with E-state index in [0.29, 0.717) is 0 Å². The molecule has 0 radical (unpaired) electrons. The SMILES string of the molecule is c1ccc(-c2ccc3ccccc3c2-c2ccc(N(c3ccc(-c4cccc(-c5ccc6c(c5)oc5ccccc56)c4)cc3)c3cc4ccccc4c4ccccc34)cc2)cc1. The summed E-state index contributed by atoms with van der Waals surface area (Å²) in [4.78, 5) is 2.42. The van der Waals surface area contributed by atoms with Gasteiger partial charge in [-0.05, 0) is 126 Å². The minimum atomic E-state index is 0.904. The number of para-hydroxylation sites is 1. The van der Waals surface area contributed by atoms with Crippen LogP contribution in [0.4, 0.5) is 17.1 Å². The van der Waals surface area contributed by atoms with Crippen LogP contribution in [0.15, 0.2) is 241 Å². The summed E-state index contributed by atoms with van der Waals surface area (Å²) >= 11 is 0. The van der Waals surface area contributed by atoms with Gasteiger partial charge in [-0.25, -0.2) is 0 Å². The number of furan rings is 1. The van der Waals surface area contributed by atoms with E-state index in [2.05, 4.69) is 229 Å². The van der Waals surface area contributed by atoms with Gasteiger partial charge in [0, 0.05) is 27.5 Å². The van der Waals surface area contributed by atoms with Gasteiger partial charge in [0.05, 0.1) is 5.69 Å². The highest BCUT2D eigenvalue weighted by atomic mass is 16.3. The lowest BCUT2D eigenvalue weighted by atomic mass is 9.89. The first-order chi connectivity index (χ1) is 30.7. The van der Waals surface area contributed by atoms with E-state index in [1.54, 1.807) is 0 Å². The van der Waals surface area contributed by atoms with Gasteiger partial charge < -0.3 is 9.32 Å². The predicted molar refractivity (Wildman–Crippen MR) is 263 cm³/mol. The van der Waals surface area contributed by atoms with E-state index in [4.69, 9.17) is 4.42 Å². The van der Waals surface area contributed by atoms with Crippen LogP contribution in [-0.4, -0.2) is 0 Å². The van der Waals surface area contributed by atoms with Crippen molar-refractivity contribution in [3.8, 4) is 44.5 Å². The topological polar surface area (TPSA) is 16.4 Å². The van der Waals surface area contributed by atoms with E-state index in [9.17, 15) is 0 Å². The quantitative estimate of drug-likeness (QED) is 0.150. The average Bonchev–Trinajstić information content (AvgIpc) is 3.73. The number of fused-ring (bicyclic) bond motifs is 7. The van der Waals surface area contributed by atoms with Gasteiger partial charge in [-0.2, -0.15) is 0 Å². The van der Waals surface area contributed by atoms with Gasteiger partial charge in [0.2, 0.25) is 0 Å². The maximum Gasteiger partial charge on any atom is 0.136 e. The van der Waals surface area contributed by atoms with Crippen LogP contribution >= 0.6 is 0 Å². The largest absolute Gasteiger partial charge is 0.456 e. The van der Waals surface area contributed by atoms with E-state index in [1.165, 1.54) is 54.6 Å². The summed E-state index contributed by atoms with van der Waals surface area (Å²) in [6.07, 6.45) is 0. The zero-order chi connectivity index (χ0) is 41.0. The normalized spacial score (nSPS) is 11.5. The molecular formula is C60H39NO. The summed E-state index contributed by atoms with van der Waals surface area (Å²) in [6, 6.07) is 85.6. The van der Waals surface area contributed by atoms with Crippen molar-refractivity contribution in [1.82, 2.24) is 0 Å². The monoisotopic (exact) mass is 789 g/mol. The van der Waals surface area contributed by atoms with Crippen LogP contribution in [0, 0.1) is 0 Å². The van der Waals surface area contributed by atoms with Crippen LogP contribution in [0.2, 0.25) is 0 Å². The van der Waals surface area contributed by atoms with Gasteiger partial charge >= 0.3 is 0 Å². The second-order valence-corrected chi connectivity index (χ2v) is 16.1. The molecule has 0 atom stereocenters. The van der Waals surface area contributed by atoms with E-state index < -0.39 is 0 Å². The summed E-state index contributed by atoms with van der Waals surface area (Å²) in [5.74, 6) is 0. The Morgan fingerprint density at radius 2 is 0.823 bits per heavy atom. The minimum Gasteiger partial charge on any atom is -0.456 e. The Labute approximate surface area is 360 Å². The zero-order valence-corrected chi connectivity index (χ0v) is 33.9. The van der Waals surface area contributed by atoms with Crippen molar-refractivity contribution >= 4 is 71.3 Å². The van der Waals surface area contributed by atoms with Crippen LogP contribution in [0.3, 0.4) is 0 Å². The van der Waals surface area contributed by atoms with Crippen molar-refractivity contribution in [3.05, 3.63) is 237 Å². The molecule has 0 aliphatic rings. The van der Waals surface area contributed by atoms with Crippen molar-refractivity contribution in [1.29, 1.82) is 0 Å². The molecule has 0 bridgehead atoms. The summed E-state index contributed by atoms with van der Waals surface area (Å²) < 4.78 is 6.25. The van der Waals surface area contributed by atoms with E-state index in [1.807, 2.05) is 12.1 Å². The molecule has 12 rings (SSSR count). The lowest BCUT2D eigenvalue weighted by Gasteiger charge is -2.28. The van der Waals surface area contributed by atoms with Gasteiger partial charge in [-0.1, -0.05) is 182 Å². The summed E-state index contributed by atoms with van der Waals surface area (Å²) in [6.45, 7) is 0. The molecule has 0 fully saturated rings. The fourth-order valence-corrected chi connectivity index (χ4v) is 9.45. The molecule has 0 aliphatic heterocycles. The minimum absolute atomic E-state index is 0.904.